The van der Waals surface area contributed by atoms with E-state index in [1.807, 2.05) is 18.0 Å². The Morgan fingerprint density at radius 1 is 1.28 bits per heavy atom. The van der Waals surface area contributed by atoms with Crippen LogP contribution < -0.4 is 4.90 Å². The van der Waals surface area contributed by atoms with Crippen LogP contribution in [-0.4, -0.2) is 80.2 Å². The molecule has 6 nitrogen and oxygen atoms in total. The molecule has 1 aromatic rings. The van der Waals surface area contributed by atoms with Gasteiger partial charge in [-0.05, 0) is 37.9 Å². The Kier molecular flexibility index (Phi) is 6.26. The Hall–Kier alpha value is -1.66. The number of nitrogens with zero attached hydrogens (tertiary/aromatic N) is 4. The zero-order chi connectivity index (χ0) is 17.6. The van der Waals surface area contributed by atoms with Crippen molar-refractivity contribution in [1.29, 1.82) is 0 Å². The molecular weight excluding hydrogens is 316 g/mol. The van der Waals surface area contributed by atoms with Crippen molar-refractivity contribution in [2.75, 3.05) is 64.4 Å². The number of methoxy groups -OCH3 is 1. The van der Waals surface area contributed by atoms with Gasteiger partial charge in [0.15, 0.2) is 0 Å². The summed E-state index contributed by atoms with van der Waals surface area (Å²) in [6, 6.07) is 4.27. The standard InChI is InChI=1S/C19H30N4O2/c1-16-12-18(4-5-20-16)22-7-3-6-21(8-9-22)14-17-13-19(24)23(15-17)10-11-25-2/h4-5,12,17H,3,6-11,13-15H2,1-2H3/t17-/m1/s1. The lowest BCUT2D eigenvalue weighted by molar-refractivity contribution is -0.128. The predicted molar refractivity (Wildman–Crippen MR) is 98.8 cm³/mol. The van der Waals surface area contributed by atoms with Crippen molar-refractivity contribution in [3.63, 3.8) is 0 Å². The zero-order valence-electron chi connectivity index (χ0n) is 15.5. The van der Waals surface area contributed by atoms with Crippen LogP contribution in [0.5, 0.6) is 0 Å². The summed E-state index contributed by atoms with van der Waals surface area (Å²) < 4.78 is 5.10. The van der Waals surface area contributed by atoms with E-state index in [0.29, 0.717) is 18.9 Å². The summed E-state index contributed by atoms with van der Waals surface area (Å²) in [7, 11) is 1.69. The minimum atomic E-state index is 0.283. The van der Waals surface area contributed by atoms with E-state index < -0.39 is 0 Å². The van der Waals surface area contributed by atoms with Crippen molar-refractivity contribution in [3.8, 4) is 0 Å². The Labute approximate surface area is 150 Å². The predicted octanol–water partition coefficient (Wildman–Crippen LogP) is 1.40. The van der Waals surface area contributed by atoms with E-state index in [2.05, 4.69) is 26.9 Å². The van der Waals surface area contributed by atoms with Crippen LogP contribution in [0, 0.1) is 12.8 Å². The summed E-state index contributed by atoms with van der Waals surface area (Å²) in [4.78, 5) is 23.3. The highest BCUT2D eigenvalue weighted by Gasteiger charge is 2.30. The molecule has 138 valence electrons. The third-order valence-electron chi connectivity index (χ3n) is 5.21. The number of likely N-dealkylation sites (tertiary alicyclic amines) is 1. The third-order valence-corrected chi connectivity index (χ3v) is 5.21. The highest BCUT2D eigenvalue weighted by molar-refractivity contribution is 5.78. The van der Waals surface area contributed by atoms with Crippen molar-refractivity contribution in [1.82, 2.24) is 14.8 Å². The molecule has 1 atom stereocenters. The van der Waals surface area contributed by atoms with Crippen molar-refractivity contribution >= 4 is 11.6 Å². The molecule has 2 saturated heterocycles. The normalized spacial score (nSPS) is 22.5. The number of rotatable bonds is 6. The fourth-order valence-corrected chi connectivity index (χ4v) is 3.90. The van der Waals surface area contributed by atoms with Gasteiger partial charge in [-0.2, -0.15) is 0 Å². The first-order valence-electron chi connectivity index (χ1n) is 9.32. The van der Waals surface area contributed by atoms with Crippen molar-refractivity contribution in [3.05, 3.63) is 24.0 Å². The number of carbonyl (C=O) groups is 1. The van der Waals surface area contributed by atoms with E-state index in [4.69, 9.17) is 4.74 Å². The molecule has 3 heterocycles. The lowest BCUT2D eigenvalue weighted by atomic mass is 10.1. The number of pyridine rings is 1. The summed E-state index contributed by atoms with van der Waals surface area (Å²) in [5.74, 6) is 0.741. The largest absolute Gasteiger partial charge is 0.383 e. The molecule has 2 fully saturated rings. The number of aryl methyl sites for hydroxylation is 1. The van der Waals surface area contributed by atoms with Gasteiger partial charge < -0.3 is 19.4 Å². The number of anilines is 1. The second-order valence-corrected chi connectivity index (χ2v) is 7.20. The monoisotopic (exact) mass is 346 g/mol. The van der Waals surface area contributed by atoms with Crippen LogP contribution in [0.3, 0.4) is 0 Å². The fraction of sp³-hybridized carbons (Fsp3) is 0.684. The molecule has 0 radical (unpaired) electrons. The van der Waals surface area contributed by atoms with Gasteiger partial charge in [-0.25, -0.2) is 0 Å². The molecule has 25 heavy (non-hydrogen) atoms. The van der Waals surface area contributed by atoms with E-state index in [1.54, 1.807) is 7.11 Å². The zero-order valence-corrected chi connectivity index (χ0v) is 15.5. The smallest absolute Gasteiger partial charge is 0.223 e. The van der Waals surface area contributed by atoms with E-state index in [0.717, 1.165) is 57.9 Å². The molecule has 0 saturated carbocycles. The maximum atomic E-state index is 12.1. The van der Waals surface area contributed by atoms with Gasteiger partial charge in [0, 0.05) is 70.4 Å². The molecule has 0 N–H and O–H groups in total. The fourth-order valence-electron chi connectivity index (χ4n) is 3.90. The molecule has 1 amide bonds. The van der Waals surface area contributed by atoms with Gasteiger partial charge in [0.1, 0.15) is 0 Å². The summed E-state index contributed by atoms with van der Waals surface area (Å²) in [5, 5.41) is 0. The lowest BCUT2D eigenvalue weighted by Crippen LogP contribution is -2.35. The maximum absolute atomic E-state index is 12.1. The van der Waals surface area contributed by atoms with E-state index >= 15 is 0 Å². The molecule has 0 bridgehead atoms. The molecule has 0 spiro atoms. The summed E-state index contributed by atoms with van der Waals surface area (Å²) in [5.41, 5.74) is 2.34. The molecule has 3 rings (SSSR count). The number of carbonyl (C=O) groups excluding carboxylic acids is 1. The number of aromatic nitrogens is 1. The van der Waals surface area contributed by atoms with Crippen LogP contribution in [0.4, 0.5) is 5.69 Å². The molecule has 2 aliphatic rings. The summed E-state index contributed by atoms with van der Waals surface area (Å²) in [6.45, 7) is 9.60. The minimum Gasteiger partial charge on any atom is -0.383 e. The van der Waals surface area contributed by atoms with Crippen LogP contribution in [0.1, 0.15) is 18.5 Å². The number of amides is 1. The van der Waals surface area contributed by atoms with Gasteiger partial charge in [0.2, 0.25) is 5.91 Å². The highest BCUT2D eigenvalue weighted by Crippen LogP contribution is 2.21. The Morgan fingerprint density at radius 3 is 2.96 bits per heavy atom. The van der Waals surface area contributed by atoms with E-state index in [1.165, 1.54) is 5.69 Å². The van der Waals surface area contributed by atoms with Crippen LogP contribution in [-0.2, 0) is 9.53 Å². The Morgan fingerprint density at radius 2 is 2.16 bits per heavy atom. The number of hydrogen-bond donors (Lipinski definition) is 0. The summed E-state index contributed by atoms with van der Waals surface area (Å²) >= 11 is 0. The SMILES string of the molecule is COCCN1C[C@@H](CN2CCCN(c3ccnc(C)c3)CC2)CC1=O. The minimum absolute atomic E-state index is 0.283. The van der Waals surface area contributed by atoms with Crippen LogP contribution in [0.15, 0.2) is 18.3 Å². The van der Waals surface area contributed by atoms with Gasteiger partial charge >= 0.3 is 0 Å². The van der Waals surface area contributed by atoms with Crippen molar-refractivity contribution < 1.29 is 9.53 Å². The Balaban J connectivity index is 1.49. The molecule has 2 aliphatic heterocycles. The third kappa shape index (κ3) is 4.92. The second-order valence-electron chi connectivity index (χ2n) is 7.20. The first-order valence-corrected chi connectivity index (χ1v) is 9.32. The van der Waals surface area contributed by atoms with Crippen LogP contribution in [0.2, 0.25) is 0 Å². The maximum Gasteiger partial charge on any atom is 0.223 e. The van der Waals surface area contributed by atoms with Gasteiger partial charge in [-0.1, -0.05) is 0 Å². The number of hydrogen-bond acceptors (Lipinski definition) is 5. The first kappa shape index (κ1) is 18.1. The molecular formula is C19H30N4O2. The lowest BCUT2D eigenvalue weighted by Gasteiger charge is -2.25. The first-order chi connectivity index (χ1) is 12.2. The van der Waals surface area contributed by atoms with Crippen molar-refractivity contribution in [2.24, 2.45) is 5.92 Å². The molecule has 0 aromatic carbocycles. The topological polar surface area (TPSA) is 48.9 Å². The molecule has 1 aromatic heterocycles. The van der Waals surface area contributed by atoms with Gasteiger partial charge in [-0.15, -0.1) is 0 Å². The second kappa shape index (κ2) is 8.63. The number of ether oxygens (including phenoxy) is 1. The van der Waals surface area contributed by atoms with E-state index in [-0.39, 0.29) is 5.91 Å². The highest BCUT2D eigenvalue weighted by atomic mass is 16.5. The van der Waals surface area contributed by atoms with Gasteiger partial charge in [-0.3, -0.25) is 9.78 Å². The molecule has 6 heteroatoms. The van der Waals surface area contributed by atoms with Crippen LogP contribution >= 0.6 is 0 Å². The van der Waals surface area contributed by atoms with Crippen molar-refractivity contribution in [2.45, 2.75) is 19.8 Å². The average molecular weight is 346 g/mol. The quantitative estimate of drug-likeness (QED) is 0.779. The van der Waals surface area contributed by atoms with Gasteiger partial charge in [0.05, 0.1) is 6.61 Å². The Bertz CT molecular complexity index is 580. The molecule has 0 aliphatic carbocycles. The average Bonchev–Trinajstić information content (AvgIpc) is 2.80. The van der Waals surface area contributed by atoms with Crippen LogP contribution in [0.25, 0.3) is 0 Å². The molecule has 0 unspecified atom stereocenters. The van der Waals surface area contributed by atoms with Gasteiger partial charge in [0.25, 0.3) is 0 Å². The van der Waals surface area contributed by atoms with E-state index in [9.17, 15) is 4.79 Å². The summed E-state index contributed by atoms with van der Waals surface area (Å²) in [6.07, 6.45) is 3.75.